The number of nitrogens with zero attached hydrogens (tertiary/aromatic N) is 1. The van der Waals surface area contributed by atoms with E-state index in [1.165, 1.54) is 12.1 Å². The lowest BCUT2D eigenvalue weighted by molar-refractivity contribution is -0.385. The van der Waals surface area contributed by atoms with E-state index >= 15 is 0 Å². The highest BCUT2D eigenvalue weighted by Crippen LogP contribution is 2.53. The number of hydrogen-bond acceptors (Lipinski definition) is 7. The molecule has 0 bridgehead atoms. The summed E-state index contributed by atoms with van der Waals surface area (Å²) in [5.74, 6) is -2.85. The minimum Gasteiger partial charge on any atom is -0.504 e. The zero-order valence-electron chi connectivity index (χ0n) is 16.7. The van der Waals surface area contributed by atoms with Crippen LogP contribution in [0.1, 0.15) is 52.4 Å². The maximum absolute atomic E-state index is 12.7. The number of carbonyl (C=O) groups excluding carboxylic acids is 1. The van der Waals surface area contributed by atoms with Crippen LogP contribution in [0, 0.1) is 10.1 Å². The molecular weight excluding hydrogens is 402 g/mol. The Morgan fingerprint density at radius 3 is 2.35 bits per heavy atom. The number of carbonyl (C=O) groups is 1. The second kappa shape index (κ2) is 7.02. The van der Waals surface area contributed by atoms with E-state index in [0.29, 0.717) is 11.1 Å². The number of esters is 1. The quantitative estimate of drug-likeness (QED) is 0.248. The summed E-state index contributed by atoms with van der Waals surface area (Å²) in [6.45, 7) is 3.65. The molecule has 0 aliphatic carbocycles. The third-order valence-electron chi connectivity index (χ3n) is 5.54. The molecule has 4 rings (SSSR count). The average molecular weight is 421 g/mol. The lowest BCUT2D eigenvalue weighted by atomic mass is 9.78. The number of fused-ring (bicyclic) bond motifs is 1. The van der Waals surface area contributed by atoms with Crippen LogP contribution in [0.2, 0.25) is 0 Å². The predicted molar refractivity (Wildman–Crippen MR) is 110 cm³/mol. The molecule has 0 spiro atoms. The van der Waals surface area contributed by atoms with Crippen LogP contribution in [0.3, 0.4) is 0 Å². The van der Waals surface area contributed by atoms with Gasteiger partial charge in [0.2, 0.25) is 5.75 Å². The van der Waals surface area contributed by atoms with Crippen molar-refractivity contribution in [3.05, 3.63) is 92.5 Å². The second-order valence-corrected chi connectivity index (χ2v) is 7.63. The van der Waals surface area contributed by atoms with Gasteiger partial charge in [-0.05, 0) is 24.1 Å². The first-order chi connectivity index (χ1) is 14.7. The van der Waals surface area contributed by atoms with Crippen molar-refractivity contribution in [3.8, 4) is 17.2 Å². The van der Waals surface area contributed by atoms with Crippen molar-refractivity contribution in [2.24, 2.45) is 0 Å². The van der Waals surface area contributed by atoms with Crippen LogP contribution < -0.4 is 0 Å². The van der Waals surface area contributed by atoms with Gasteiger partial charge in [0, 0.05) is 22.8 Å². The average Bonchev–Trinajstić information content (AvgIpc) is 3.05. The number of aromatic hydroxyl groups is 3. The van der Waals surface area contributed by atoms with E-state index in [4.69, 9.17) is 4.74 Å². The van der Waals surface area contributed by atoms with Gasteiger partial charge in [-0.15, -0.1) is 0 Å². The summed E-state index contributed by atoms with van der Waals surface area (Å²) in [6.07, 6.45) is 0. The molecule has 3 N–H and O–H groups in total. The lowest BCUT2D eigenvalue weighted by Crippen LogP contribution is -2.30. The van der Waals surface area contributed by atoms with Gasteiger partial charge < -0.3 is 20.1 Å². The van der Waals surface area contributed by atoms with Gasteiger partial charge >= 0.3 is 5.97 Å². The Hall–Kier alpha value is -4.07. The summed E-state index contributed by atoms with van der Waals surface area (Å²) in [5.41, 5.74) is -0.649. The highest BCUT2D eigenvalue weighted by Gasteiger charge is 2.51. The van der Waals surface area contributed by atoms with Gasteiger partial charge in [0.25, 0.3) is 5.69 Å². The first kappa shape index (κ1) is 20.2. The minimum atomic E-state index is -1.76. The summed E-state index contributed by atoms with van der Waals surface area (Å²) < 4.78 is 5.79. The van der Waals surface area contributed by atoms with E-state index in [9.17, 15) is 30.2 Å². The van der Waals surface area contributed by atoms with Crippen LogP contribution in [-0.4, -0.2) is 26.2 Å². The van der Waals surface area contributed by atoms with Crippen LogP contribution in [0.5, 0.6) is 17.2 Å². The van der Waals surface area contributed by atoms with E-state index in [2.05, 4.69) is 0 Å². The first-order valence-corrected chi connectivity index (χ1v) is 9.54. The number of phenols is 3. The normalized spacial score (nSPS) is 17.5. The van der Waals surface area contributed by atoms with Crippen LogP contribution >= 0.6 is 0 Å². The first-order valence-electron chi connectivity index (χ1n) is 9.54. The van der Waals surface area contributed by atoms with Crippen molar-refractivity contribution in [1.82, 2.24) is 0 Å². The standard InChI is InChI=1S/C23H19NO7/c1-12(2)14-8-7-13(11-18(14)24(29)30)23(17-9-10-19(25)21(27)20(17)26)16-6-4-3-5-15(16)22(28)31-23/h3-12,25-27H,1-2H3. The third-order valence-corrected chi connectivity index (χ3v) is 5.54. The summed E-state index contributed by atoms with van der Waals surface area (Å²) >= 11 is 0. The summed E-state index contributed by atoms with van der Waals surface area (Å²) in [6, 6.07) is 13.4. The van der Waals surface area contributed by atoms with Gasteiger partial charge in [-0.2, -0.15) is 0 Å². The summed E-state index contributed by atoms with van der Waals surface area (Å²) in [4.78, 5) is 24.0. The molecule has 31 heavy (non-hydrogen) atoms. The number of benzene rings is 3. The summed E-state index contributed by atoms with van der Waals surface area (Å²) in [5, 5.41) is 42.4. The van der Waals surface area contributed by atoms with Gasteiger partial charge in [-0.3, -0.25) is 10.1 Å². The van der Waals surface area contributed by atoms with E-state index in [-0.39, 0.29) is 28.3 Å². The van der Waals surface area contributed by atoms with Crippen molar-refractivity contribution < 1.29 is 29.8 Å². The molecule has 3 aromatic carbocycles. The van der Waals surface area contributed by atoms with Crippen molar-refractivity contribution in [2.45, 2.75) is 25.4 Å². The minimum absolute atomic E-state index is 0.0345. The van der Waals surface area contributed by atoms with Gasteiger partial charge in [0.05, 0.1) is 16.1 Å². The Kier molecular flexibility index (Phi) is 4.57. The molecule has 8 heteroatoms. The molecular formula is C23H19NO7. The lowest BCUT2D eigenvalue weighted by Gasteiger charge is -2.31. The molecule has 0 aromatic heterocycles. The fourth-order valence-electron chi connectivity index (χ4n) is 4.05. The van der Waals surface area contributed by atoms with Crippen LogP contribution in [0.25, 0.3) is 0 Å². The predicted octanol–water partition coefficient (Wildman–Crippen LogP) is 4.30. The number of nitro groups is 1. The Morgan fingerprint density at radius 1 is 0.968 bits per heavy atom. The Bertz CT molecular complexity index is 1230. The molecule has 1 atom stereocenters. The highest BCUT2D eigenvalue weighted by atomic mass is 16.6. The molecule has 1 aliphatic heterocycles. The summed E-state index contributed by atoms with van der Waals surface area (Å²) in [7, 11) is 0. The zero-order chi connectivity index (χ0) is 22.5. The number of nitro benzene ring substituents is 1. The molecule has 0 amide bonds. The number of ether oxygens (including phenoxy) is 1. The molecule has 3 aromatic rings. The monoisotopic (exact) mass is 421 g/mol. The van der Waals surface area contributed by atoms with Crippen molar-refractivity contribution >= 4 is 11.7 Å². The number of phenolic OH excluding ortho intramolecular Hbond substituents is 3. The van der Waals surface area contributed by atoms with Crippen LogP contribution in [0.15, 0.2) is 54.6 Å². The fourth-order valence-corrected chi connectivity index (χ4v) is 4.05. The fraction of sp³-hybridized carbons (Fsp3) is 0.174. The van der Waals surface area contributed by atoms with Crippen molar-refractivity contribution in [2.75, 3.05) is 0 Å². The van der Waals surface area contributed by atoms with E-state index in [1.54, 1.807) is 36.4 Å². The Labute approximate surface area is 177 Å². The van der Waals surface area contributed by atoms with Crippen LogP contribution in [0.4, 0.5) is 5.69 Å². The molecule has 0 saturated carbocycles. The molecule has 1 aliphatic rings. The number of rotatable bonds is 4. The molecule has 0 saturated heterocycles. The van der Waals surface area contributed by atoms with Gasteiger partial charge in [0.1, 0.15) is 0 Å². The second-order valence-electron chi connectivity index (χ2n) is 7.63. The van der Waals surface area contributed by atoms with E-state index in [0.717, 1.165) is 6.07 Å². The van der Waals surface area contributed by atoms with E-state index in [1.807, 2.05) is 13.8 Å². The Morgan fingerprint density at radius 2 is 1.68 bits per heavy atom. The van der Waals surface area contributed by atoms with Gasteiger partial charge in [-0.25, -0.2) is 4.79 Å². The van der Waals surface area contributed by atoms with Crippen molar-refractivity contribution in [1.29, 1.82) is 0 Å². The third kappa shape index (κ3) is 2.87. The van der Waals surface area contributed by atoms with Gasteiger partial charge in [0.15, 0.2) is 17.1 Å². The molecule has 1 heterocycles. The zero-order valence-corrected chi connectivity index (χ0v) is 16.7. The van der Waals surface area contributed by atoms with Gasteiger partial charge in [-0.1, -0.05) is 44.2 Å². The van der Waals surface area contributed by atoms with E-state index < -0.39 is 33.7 Å². The molecule has 0 fully saturated rings. The highest BCUT2D eigenvalue weighted by molar-refractivity contribution is 5.96. The smallest absolute Gasteiger partial charge is 0.340 e. The molecule has 8 nitrogen and oxygen atoms in total. The topological polar surface area (TPSA) is 130 Å². The largest absolute Gasteiger partial charge is 0.504 e. The van der Waals surface area contributed by atoms with Crippen molar-refractivity contribution in [3.63, 3.8) is 0 Å². The molecule has 158 valence electrons. The molecule has 0 radical (unpaired) electrons. The maximum atomic E-state index is 12.7. The number of cyclic esters (lactones) is 1. The Balaban J connectivity index is 2.11. The maximum Gasteiger partial charge on any atom is 0.340 e. The molecule has 1 unspecified atom stereocenters. The number of hydrogen-bond donors (Lipinski definition) is 3. The van der Waals surface area contributed by atoms with Crippen LogP contribution in [-0.2, 0) is 10.3 Å². The SMILES string of the molecule is CC(C)c1ccc(C2(c3ccc(O)c(O)c3O)OC(=O)c3ccccc32)cc1[N+](=O)[O-].